The summed E-state index contributed by atoms with van der Waals surface area (Å²) >= 11 is 0. The summed E-state index contributed by atoms with van der Waals surface area (Å²) in [4.78, 5) is 0. The number of aliphatic hydroxyl groups is 1. The zero-order valence-corrected chi connectivity index (χ0v) is 8.20. The molecule has 1 atom stereocenters. The van der Waals surface area contributed by atoms with Crippen molar-refractivity contribution in [1.82, 2.24) is 0 Å². The van der Waals surface area contributed by atoms with Gasteiger partial charge in [-0.1, -0.05) is 6.58 Å². The minimum absolute atomic E-state index is 0.579. The second-order valence-corrected chi connectivity index (χ2v) is 3.43. The molecule has 1 heterocycles. The molecule has 0 spiro atoms. The lowest BCUT2D eigenvalue weighted by atomic mass is 10.0. The molecule has 0 amide bonds. The van der Waals surface area contributed by atoms with Gasteiger partial charge in [0, 0.05) is 24.1 Å². The predicted octanol–water partition coefficient (Wildman–Crippen LogP) is 1.81. The van der Waals surface area contributed by atoms with E-state index in [1.807, 2.05) is 12.1 Å². The van der Waals surface area contributed by atoms with Crippen molar-refractivity contribution in [1.29, 1.82) is 0 Å². The summed E-state index contributed by atoms with van der Waals surface area (Å²) in [5.41, 5.74) is 1.41. The molecule has 3 nitrogen and oxygen atoms in total. The van der Waals surface area contributed by atoms with Crippen LogP contribution in [0.1, 0.15) is 12.5 Å². The molecule has 0 saturated carbocycles. The van der Waals surface area contributed by atoms with Crippen LogP contribution in [0.3, 0.4) is 0 Å². The molecule has 3 heteroatoms. The zero-order valence-electron chi connectivity index (χ0n) is 8.20. The smallest absolute Gasteiger partial charge is 0.232 e. The van der Waals surface area contributed by atoms with E-state index in [1.54, 1.807) is 20.1 Å². The minimum atomic E-state index is -1.30. The molecule has 74 valence electrons. The normalized spacial score (nSPS) is 24.4. The summed E-state index contributed by atoms with van der Waals surface area (Å²) in [6, 6.07) is 5.38. The Kier molecular flexibility index (Phi) is 1.79. The van der Waals surface area contributed by atoms with Gasteiger partial charge < -0.3 is 14.6 Å². The Bertz CT molecular complexity index is 394. The van der Waals surface area contributed by atoms with Crippen LogP contribution in [0.2, 0.25) is 0 Å². The third kappa shape index (κ3) is 1.17. The van der Waals surface area contributed by atoms with E-state index in [1.165, 1.54) is 0 Å². The maximum absolute atomic E-state index is 9.79. The van der Waals surface area contributed by atoms with Crippen molar-refractivity contribution >= 4 is 5.57 Å². The number of hydrogen-bond acceptors (Lipinski definition) is 3. The summed E-state index contributed by atoms with van der Waals surface area (Å²) in [7, 11) is 1.59. The van der Waals surface area contributed by atoms with Crippen molar-refractivity contribution in [2.24, 2.45) is 0 Å². The number of benzene rings is 1. The summed E-state index contributed by atoms with van der Waals surface area (Å²) in [5.74, 6) is 0.0166. The van der Waals surface area contributed by atoms with Crippen LogP contribution in [0, 0.1) is 0 Å². The lowest BCUT2D eigenvalue weighted by molar-refractivity contribution is -0.0576. The van der Waals surface area contributed by atoms with Crippen molar-refractivity contribution in [2.45, 2.75) is 12.7 Å². The fourth-order valence-electron chi connectivity index (χ4n) is 1.49. The second-order valence-electron chi connectivity index (χ2n) is 3.43. The Morgan fingerprint density at radius 3 is 2.86 bits per heavy atom. The summed E-state index contributed by atoms with van der Waals surface area (Å²) in [5, 5.41) is 9.79. The monoisotopic (exact) mass is 192 g/mol. The summed E-state index contributed by atoms with van der Waals surface area (Å²) < 4.78 is 10.4. The van der Waals surface area contributed by atoms with E-state index in [0.29, 0.717) is 17.1 Å². The van der Waals surface area contributed by atoms with E-state index in [-0.39, 0.29) is 0 Å². The Labute approximate surface area is 82.6 Å². The third-order valence-corrected chi connectivity index (χ3v) is 2.38. The first-order valence-electron chi connectivity index (χ1n) is 4.34. The van der Waals surface area contributed by atoms with E-state index >= 15 is 0 Å². The van der Waals surface area contributed by atoms with Gasteiger partial charge in [0.25, 0.3) is 0 Å². The van der Waals surface area contributed by atoms with Crippen LogP contribution in [-0.2, 0) is 0 Å². The van der Waals surface area contributed by atoms with Crippen LogP contribution in [0.4, 0.5) is 0 Å². The van der Waals surface area contributed by atoms with Crippen molar-refractivity contribution in [3.8, 4) is 11.5 Å². The largest absolute Gasteiger partial charge is 0.497 e. The Hall–Kier alpha value is -1.48. The lowest BCUT2D eigenvalue weighted by Crippen LogP contribution is -2.27. The van der Waals surface area contributed by atoms with Gasteiger partial charge in [-0.05, 0) is 12.1 Å². The highest BCUT2D eigenvalue weighted by molar-refractivity contribution is 5.77. The highest BCUT2D eigenvalue weighted by atomic mass is 16.6. The minimum Gasteiger partial charge on any atom is -0.497 e. The van der Waals surface area contributed by atoms with Crippen LogP contribution in [0.15, 0.2) is 24.8 Å². The number of methoxy groups -OCH3 is 1. The van der Waals surface area contributed by atoms with E-state index in [0.717, 1.165) is 5.56 Å². The van der Waals surface area contributed by atoms with Crippen LogP contribution in [0.25, 0.3) is 5.57 Å². The summed E-state index contributed by atoms with van der Waals surface area (Å²) in [6.45, 7) is 5.36. The fourth-order valence-corrected chi connectivity index (χ4v) is 1.49. The van der Waals surface area contributed by atoms with E-state index < -0.39 is 5.79 Å². The average Bonchev–Trinajstić information content (AvgIpc) is 2.37. The Balaban J connectivity index is 2.49. The van der Waals surface area contributed by atoms with Crippen LogP contribution in [0.5, 0.6) is 11.5 Å². The number of fused-ring (bicyclic) bond motifs is 1. The van der Waals surface area contributed by atoms with Gasteiger partial charge in [-0.15, -0.1) is 0 Å². The molecule has 1 aromatic carbocycles. The predicted molar refractivity (Wildman–Crippen MR) is 53.3 cm³/mol. The molecule has 0 fully saturated rings. The van der Waals surface area contributed by atoms with Gasteiger partial charge in [-0.2, -0.15) is 0 Å². The standard InChI is InChI=1S/C11H12O3/c1-7-9-5-4-8(13-3)6-10(9)14-11(7,2)12/h4-6,12H,1H2,2-3H3. The average molecular weight is 192 g/mol. The molecule has 0 bridgehead atoms. The molecule has 14 heavy (non-hydrogen) atoms. The second kappa shape index (κ2) is 2.75. The highest BCUT2D eigenvalue weighted by Gasteiger charge is 2.36. The molecular weight excluding hydrogens is 180 g/mol. The van der Waals surface area contributed by atoms with Gasteiger partial charge in [-0.25, -0.2) is 0 Å². The quantitative estimate of drug-likeness (QED) is 0.737. The van der Waals surface area contributed by atoms with Gasteiger partial charge in [0.2, 0.25) is 5.79 Å². The number of ether oxygens (including phenoxy) is 2. The van der Waals surface area contributed by atoms with E-state index in [2.05, 4.69) is 6.58 Å². The topological polar surface area (TPSA) is 38.7 Å². The molecular formula is C11H12O3. The van der Waals surface area contributed by atoms with Gasteiger partial charge in [0.05, 0.1) is 7.11 Å². The maximum atomic E-state index is 9.79. The molecule has 2 rings (SSSR count). The maximum Gasteiger partial charge on any atom is 0.232 e. The first-order chi connectivity index (χ1) is 6.54. The van der Waals surface area contributed by atoms with Gasteiger partial charge in [0.1, 0.15) is 11.5 Å². The van der Waals surface area contributed by atoms with Crippen molar-refractivity contribution < 1.29 is 14.6 Å². The molecule has 1 aliphatic heterocycles. The van der Waals surface area contributed by atoms with Gasteiger partial charge in [0.15, 0.2) is 0 Å². The molecule has 1 aliphatic rings. The van der Waals surface area contributed by atoms with Gasteiger partial charge >= 0.3 is 0 Å². The molecule has 1 unspecified atom stereocenters. The lowest BCUT2D eigenvalue weighted by Gasteiger charge is -2.16. The van der Waals surface area contributed by atoms with Crippen molar-refractivity contribution in [2.75, 3.05) is 7.11 Å². The van der Waals surface area contributed by atoms with Crippen molar-refractivity contribution in [3.63, 3.8) is 0 Å². The first kappa shape index (κ1) is 9.09. The zero-order chi connectivity index (χ0) is 10.3. The Morgan fingerprint density at radius 2 is 2.21 bits per heavy atom. The molecule has 0 aliphatic carbocycles. The number of hydrogen-bond donors (Lipinski definition) is 1. The van der Waals surface area contributed by atoms with Crippen LogP contribution < -0.4 is 9.47 Å². The van der Waals surface area contributed by atoms with E-state index in [9.17, 15) is 5.11 Å². The van der Waals surface area contributed by atoms with Gasteiger partial charge in [-0.3, -0.25) is 0 Å². The molecule has 0 aromatic heterocycles. The number of rotatable bonds is 1. The molecule has 1 aromatic rings. The molecule has 0 saturated heterocycles. The molecule has 0 radical (unpaired) electrons. The Morgan fingerprint density at radius 1 is 1.50 bits per heavy atom. The first-order valence-corrected chi connectivity index (χ1v) is 4.34. The van der Waals surface area contributed by atoms with Crippen LogP contribution >= 0.6 is 0 Å². The SMILES string of the molecule is C=C1c2ccc(OC)cc2OC1(C)O. The highest BCUT2D eigenvalue weighted by Crippen LogP contribution is 2.42. The van der Waals surface area contributed by atoms with Crippen molar-refractivity contribution in [3.05, 3.63) is 30.3 Å². The molecule has 1 N–H and O–H groups in total. The third-order valence-electron chi connectivity index (χ3n) is 2.38. The summed E-state index contributed by atoms with van der Waals surface area (Å²) in [6.07, 6.45) is 0. The van der Waals surface area contributed by atoms with Crippen LogP contribution in [-0.4, -0.2) is 18.0 Å². The fraction of sp³-hybridized carbons (Fsp3) is 0.273. The van der Waals surface area contributed by atoms with E-state index in [4.69, 9.17) is 9.47 Å².